The van der Waals surface area contributed by atoms with Gasteiger partial charge in [-0.15, -0.1) is 0 Å². The molecule has 0 radical (unpaired) electrons. The summed E-state index contributed by atoms with van der Waals surface area (Å²) in [4.78, 5) is 21.6. The molecule has 2 unspecified atom stereocenters. The zero-order valence-corrected chi connectivity index (χ0v) is 19.4. The monoisotopic (exact) mass is 454 g/mol. The van der Waals surface area contributed by atoms with Crippen LogP contribution in [0.2, 0.25) is 0 Å². The van der Waals surface area contributed by atoms with E-state index < -0.39 is 55.9 Å². The molecule has 0 saturated heterocycles. The smallest absolute Gasteiger partial charge is 0.748 e. The molecule has 0 aliphatic rings. The van der Waals surface area contributed by atoms with Gasteiger partial charge in [-0.2, -0.15) is 0 Å². The summed E-state index contributed by atoms with van der Waals surface area (Å²) in [6, 6.07) is 0. The Kier molecular flexibility index (Phi) is 15.8. The molecule has 0 aromatic heterocycles. The van der Waals surface area contributed by atoms with Crippen LogP contribution in [0.5, 0.6) is 0 Å². The Labute approximate surface area is 189 Å². The number of hydrogen-bond acceptors (Lipinski definition) is 10. The summed E-state index contributed by atoms with van der Waals surface area (Å²) < 4.78 is 70.5. The zero-order chi connectivity index (χ0) is 21.3. The summed E-state index contributed by atoms with van der Waals surface area (Å²) in [6.07, 6.45) is -1.88. The molecule has 2 atom stereocenters. The second-order valence-corrected chi connectivity index (χ2v) is 8.34. The van der Waals surface area contributed by atoms with E-state index in [9.17, 15) is 35.5 Å². The molecule has 0 N–H and O–H groups in total. The van der Waals surface area contributed by atoms with Crippen LogP contribution in [0.25, 0.3) is 0 Å². The molecule has 27 heavy (non-hydrogen) atoms. The van der Waals surface area contributed by atoms with E-state index in [4.69, 9.17) is 0 Å². The van der Waals surface area contributed by atoms with E-state index in [0.717, 1.165) is 0 Å². The molecule has 0 aromatic rings. The van der Waals surface area contributed by atoms with E-state index in [1.165, 1.54) is 27.7 Å². The van der Waals surface area contributed by atoms with Crippen molar-refractivity contribution < 1.29 is 45.0 Å². The van der Waals surface area contributed by atoms with Crippen LogP contribution in [0.15, 0.2) is 24.3 Å². The maximum atomic E-state index is 10.8. The summed E-state index contributed by atoms with van der Waals surface area (Å²) in [5.41, 5.74) is 0.324. The zero-order valence-electron chi connectivity index (χ0n) is 15.6. The first-order chi connectivity index (χ1) is 11.4. The third-order valence-electron chi connectivity index (χ3n) is 2.19. The van der Waals surface area contributed by atoms with Gasteiger partial charge in [0.25, 0.3) is 0 Å². The van der Waals surface area contributed by atoms with Gasteiger partial charge in [0.05, 0.1) is 31.7 Å². The van der Waals surface area contributed by atoms with E-state index in [-0.39, 0.29) is 48.9 Å². The molecule has 0 aromatic carbocycles. The predicted octanol–water partition coefficient (Wildman–Crippen LogP) is -0.302. The second kappa shape index (κ2) is 13.6. The van der Waals surface area contributed by atoms with Gasteiger partial charge in [-0.25, -0.2) is 26.4 Å². The number of carbonyl (C=O) groups excluding carboxylic acids is 2. The first kappa shape index (κ1) is 31.2. The molecule has 0 fully saturated rings. The van der Waals surface area contributed by atoms with Crippen LogP contribution < -0.4 is 0 Å². The van der Waals surface area contributed by atoms with Crippen molar-refractivity contribution in [1.29, 1.82) is 0 Å². The molecule has 0 aliphatic heterocycles. The van der Waals surface area contributed by atoms with Crippen molar-refractivity contribution in [3.8, 4) is 0 Å². The van der Waals surface area contributed by atoms with Gasteiger partial charge in [0.2, 0.25) is 0 Å². The van der Waals surface area contributed by atoms with Crippen LogP contribution in [-0.4, -0.2) is 99.3 Å². The summed E-state index contributed by atoms with van der Waals surface area (Å²) >= 11 is 0. The number of ether oxygens (including phenoxy) is 2. The fraction of sp³-hybridized carbons (Fsp3) is 0.571. The van der Waals surface area contributed by atoms with E-state index in [2.05, 4.69) is 22.6 Å². The second-order valence-electron chi connectivity index (χ2n) is 5.44. The van der Waals surface area contributed by atoms with E-state index in [0.29, 0.717) is 0 Å². The minimum Gasteiger partial charge on any atom is -0.748 e. The summed E-state index contributed by atoms with van der Waals surface area (Å²) in [5.74, 6) is -2.83. The van der Waals surface area contributed by atoms with Crippen molar-refractivity contribution in [2.75, 3.05) is 11.5 Å². The van der Waals surface area contributed by atoms with Crippen molar-refractivity contribution in [2.45, 2.75) is 39.9 Å². The molecule has 10 nitrogen and oxygen atoms in total. The van der Waals surface area contributed by atoms with Gasteiger partial charge >= 0.3 is 49.7 Å². The van der Waals surface area contributed by atoms with Gasteiger partial charge < -0.3 is 18.6 Å². The molecule has 0 spiro atoms. The van der Waals surface area contributed by atoms with E-state index in [1.807, 2.05) is 0 Å². The Bertz CT molecular complexity index is 676. The maximum absolute atomic E-state index is 10.8. The number of esters is 2. The fourth-order valence-electron chi connectivity index (χ4n) is 1.21. The van der Waals surface area contributed by atoms with Crippen LogP contribution in [0.3, 0.4) is 0 Å². The fourth-order valence-corrected chi connectivity index (χ4v) is 2.50. The van der Waals surface area contributed by atoms with Gasteiger partial charge in [-0.1, -0.05) is 13.2 Å². The standard InChI is InChI=1S/2C7H12O5S.Ca/c2*1-5(2)7(8)12-6(3)4-13(9,10)11;/h2*6H,1,4H2,2-3H3,(H,9,10,11);/q;;+2/p-2. The van der Waals surface area contributed by atoms with Gasteiger partial charge in [-0.05, 0) is 27.7 Å². The average molecular weight is 455 g/mol. The Morgan fingerprint density at radius 2 is 1.04 bits per heavy atom. The average Bonchev–Trinajstić information content (AvgIpc) is 2.33. The third kappa shape index (κ3) is 21.7. The van der Waals surface area contributed by atoms with Crippen LogP contribution in [0.1, 0.15) is 27.7 Å². The summed E-state index contributed by atoms with van der Waals surface area (Å²) in [7, 11) is -8.70. The predicted molar refractivity (Wildman–Crippen MR) is 95.6 cm³/mol. The largest absolute Gasteiger partial charge is 2.00 e. The first-order valence-corrected chi connectivity index (χ1v) is 10.2. The Morgan fingerprint density at radius 1 is 0.815 bits per heavy atom. The van der Waals surface area contributed by atoms with Crippen molar-refractivity contribution >= 4 is 69.9 Å². The van der Waals surface area contributed by atoms with Gasteiger partial charge in [0, 0.05) is 11.1 Å². The number of hydrogen-bond donors (Lipinski definition) is 0. The minimum atomic E-state index is -4.35. The summed E-state index contributed by atoms with van der Waals surface area (Å²) in [6.45, 7) is 12.1. The molecule has 0 aliphatic carbocycles. The van der Waals surface area contributed by atoms with Crippen molar-refractivity contribution in [1.82, 2.24) is 0 Å². The van der Waals surface area contributed by atoms with Crippen LogP contribution in [0, 0.1) is 0 Å². The molecule has 152 valence electrons. The Balaban J connectivity index is -0.000000411. The van der Waals surface area contributed by atoms with Crippen molar-refractivity contribution in [3.05, 3.63) is 24.3 Å². The molecule has 0 amide bonds. The van der Waals surface area contributed by atoms with Crippen LogP contribution in [0.4, 0.5) is 0 Å². The third-order valence-corrected chi connectivity index (χ3v) is 3.95. The van der Waals surface area contributed by atoms with E-state index in [1.54, 1.807) is 0 Å². The van der Waals surface area contributed by atoms with Gasteiger partial charge in [0.15, 0.2) is 0 Å². The van der Waals surface area contributed by atoms with Crippen LogP contribution in [-0.2, 0) is 39.3 Å². The normalized spacial score (nSPS) is 13.0. The number of rotatable bonds is 8. The van der Waals surface area contributed by atoms with Gasteiger partial charge in [-0.3, -0.25) is 0 Å². The topological polar surface area (TPSA) is 167 Å². The number of carbonyl (C=O) groups is 2. The summed E-state index contributed by atoms with van der Waals surface area (Å²) in [5, 5.41) is 0. The van der Waals surface area contributed by atoms with E-state index >= 15 is 0 Å². The van der Waals surface area contributed by atoms with Crippen LogP contribution >= 0.6 is 0 Å². The molecule has 0 heterocycles. The first-order valence-electron chi connectivity index (χ1n) is 7.04. The van der Waals surface area contributed by atoms with Gasteiger partial charge in [0.1, 0.15) is 12.2 Å². The molecule has 0 rings (SSSR count). The molecule has 0 bridgehead atoms. The Morgan fingerprint density at radius 3 is 1.19 bits per heavy atom. The maximum Gasteiger partial charge on any atom is 2.00 e. The van der Waals surface area contributed by atoms with Crippen molar-refractivity contribution in [3.63, 3.8) is 0 Å². The quantitative estimate of drug-likeness (QED) is 0.205. The van der Waals surface area contributed by atoms with Crippen molar-refractivity contribution in [2.24, 2.45) is 0 Å². The molecule has 13 heteroatoms. The molecule has 0 saturated carbocycles. The molecular weight excluding hydrogens is 432 g/mol. The molecular formula is C14H22CaO10S2. The Hall–Kier alpha value is -0.500. The SMILES string of the molecule is C=C(C)C(=O)OC(C)CS(=O)(=O)[O-].C=C(C)C(=O)OC(C)CS(=O)(=O)[O-].[Ca+2]. The minimum absolute atomic E-state index is 0.